The Morgan fingerprint density at radius 2 is 1.97 bits per heavy atom. The van der Waals surface area contributed by atoms with Gasteiger partial charge in [-0.3, -0.25) is 0 Å². The van der Waals surface area contributed by atoms with E-state index >= 15 is 0 Å². The first-order chi connectivity index (χ1) is 13.9. The van der Waals surface area contributed by atoms with Gasteiger partial charge in [0.05, 0.1) is 11.3 Å². The van der Waals surface area contributed by atoms with Gasteiger partial charge in [0.15, 0.2) is 0 Å². The molecule has 0 aliphatic carbocycles. The fraction of sp³-hybridized carbons (Fsp3) is 0.333. The number of hydrogen-bond acceptors (Lipinski definition) is 5. The molecule has 0 saturated carbocycles. The molecule has 29 heavy (non-hydrogen) atoms. The van der Waals surface area contributed by atoms with Crippen molar-refractivity contribution < 1.29 is 13.5 Å². The largest absolute Gasteiger partial charge is 0.382 e. The van der Waals surface area contributed by atoms with Crippen LogP contribution in [0.2, 0.25) is 0 Å². The van der Waals surface area contributed by atoms with Gasteiger partial charge in [-0.1, -0.05) is 6.07 Å². The van der Waals surface area contributed by atoms with Crippen molar-refractivity contribution in [2.24, 2.45) is 0 Å². The molecular weight excluding hydrogens is 376 g/mol. The molecule has 0 bridgehead atoms. The van der Waals surface area contributed by atoms with E-state index in [1.807, 2.05) is 25.1 Å². The quantitative estimate of drug-likeness (QED) is 0.635. The van der Waals surface area contributed by atoms with Gasteiger partial charge in [0.1, 0.15) is 18.0 Å². The fourth-order valence-corrected chi connectivity index (χ4v) is 3.37. The number of aryl methyl sites for hydroxylation is 1. The monoisotopic (exact) mass is 399 g/mol. The van der Waals surface area contributed by atoms with E-state index in [9.17, 15) is 8.78 Å². The summed E-state index contributed by atoms with van der Waals surface area (Å²) in [4.78, 5) is 4.19. The number of ether oxygens (including phenoxy) is 1. The average molecular weight is 399 g/mol. The molecule has 1 saturated heterocycles. The van der Waals surface area contributed by atoms with Crippen LogP contribution in [-0.4, -0.2) is 33.5 Å². The van der Waals surface area contributed by atoms with E-state index in [1.165, 1.54) is 23.1 Å². The van der Waals surface area contributed by atoms with Gasteiger partial charge in [-0.05, 0) is 56.5 Å². The first-order valence-electron chi connectivity index (χ1n) is 9.54. The Hall–Kier alpha value is -3.00. The van der Waals surface area contributed by atoms with E-state index in [4.69, 9.17) is 4.74 Å². The maximum absolute atomic E-state index is 13.4. The number of nitrogens with one attached hydrogen (secondary N) is 2. The summed E-state index contributed by atoms with van der Waals surface area (Å²) in [6.45, 7) is 5.63. The van der Waals surface area contributed by atoms with Crippen LogP contribution in [0.1, 0.15) is 25.3 Å². The Labute approximate surface area is 167 Å². The van der Waals surface area contributed by atoms with E-state index in [1.54, 1.807) is 0 Å². The Kier molecular flexibility index (Phi) is 5.19. The van der Waals surface area contributed by atoms with Crippen molar-refractivity contribution in [3.63, 3.8) is 0 Å². The SMILES string of the molecule is Cc1ccc(NCC2(C)CCCO2)cc1Nc1ncn(-c2cc(F)cc(F)c2)n1. The number of benzene rings is 2. The second-order valence-electron chi connectivity index (χ2n) is 7.55. The molecule has 3 aromatic rings. The van der Waals surface area contributed by atoms with E-state index in [2.05, 4.69) is 27.6 Å². The molecule has 2 heterocycles. The van der Waals surface area contributed by atoms with Crippen molar-refractivity contribution >= 4 is 17.3 Å². The lowest BCUT2D eigenvalue weighted by Gasteiger charge is -2.24. The summed E-state index contributed by atoms with van der Waals surface area (Å²) in [5.74, 6) is -1.000. The van der Waals surface area contributed by atoms with Crippen molar-refractivity contribution in [2.75, 3.05) is 23.8 Å². The molecule has 152 valence electrons. The highest BCUT2D eigenvalue weighted by Gasteiger charge is 2.29. The first kappa shape index (κ1) is 19.3. The Morgan fingerprint density at radius 1 is 1.17 bits per heavy atom. The van der Waals surface area contributed by atoms with Crippen LogP contribution in [0.3, 0.4) is 0 Å². The summed E-state index contributed by atoms with van der Waals surface area (Å²) in [6, 6.07) is 9.21. The van der Waals surface area contributed by atoms with Crippen LogP contribution in [0.25, 0.3) is 5.69 Å². The Bertz CT molecular complexity index is 994. The van der Waals surface area contributed by atoms with Crippen LogP contribution in [0.4, 0.5) is 26.1 Å². The Morgan fingerprint density at radius 3 is 2.69 bits per heavy atom. The van der Waals surface area contributed by atoms with Crippen LogP contribution in [-0.2, 0) is 4.74 Å². The highest BCUT2D eigenvalue weighted by Crippen LogP contribution is 2.27. The minimum absolute atomic E-state index is 0.140. The van der Waals surface area contributed by atoms with E-state index in [-0.39, 0.29) is 11.3 Å². The molecule has 1 fully saturated rings. The molecule has 8 heteroatoms. The van der Waals surface area contributed by atoms with Crippen molar-refractivity contribution in [2.45, 2.75) is 32.3 Å². The Balaban J connectivity index is 1.48. The van der Waals surface area contributed by atoms with Crippen molar-refractivity contribution in [1.29, 1.82) is 0 Å². The summed E-state index contributed by atoms with van der Waals surface area (Å²) in [5, 5.41) is 10.9. The normalized spacial score (nSPS) is 18.8. The summed E-state index contributed by atoms with van der Waals surface area (Å²) in [6.07, 6.45) is 3.54. The molecule has 1 aromatic heterocycles. The third-order valence-corrected chi connectivity index (χ3v) is 5.05. The number of rotatable bonds is 6. The number of anilines is 3. The fourth-order valence-electron chi connectivity index (χ4n) is 3.37. The molecule has 1 atom stereocenters. The third-order valence-electron chi connectivity index (χ3n) is 5.05. The zero-order chi connectivity index (χ0) is 20.4. The van der Waals surface area contributed by atoms with E-state index in [0.29, 0.717) is 5.95 Å². The smallest absolute Gasteiger partial charge is 0.246 e. The van der Waals surface area contributed by atoms with Crippen molar-refractivity contribution in [1.82, 2.24) is 14.8 Å². The predicted octanol–water partition coefficient (Wildman–Crippen LogP) is 4.58. The lowest BCUT2D eigenvalue weighted by molar-refractivity contribution is 0.0315. The van der Waals surface area contributed by atoms with Gasteiger partial charge in [-0.2, -0.15) is 4.98 Å². The van der Waals surface area contributed by atoms with Gasteiger partial charge in [-0.15, -0.1) is 5.10 Å². The summed E-state index contributed by atoms with van der Waals surface area (Å²) >= 11 is 0. The van der Waals surface area contributed by atoms with Crippen LogP contribution < -0.4 is 10.6 Å². The zero-order valence-corrected chi connectivity index (χ0v) is 16.4. The predicted molar refractivity (Wildman–Crippen MR) is 108 cm³/mol. The maximum Gasteiger partial charge on any atom is 0.246 e. The van der Waals surface area contributed by atoms with Gasteiger partial charge in [-0.25, -0.2) is 13.5 Å². The van der Waals surface area contributed by atoms with Crippen LogP contribution in [0.5, 0.6) is 0 Å². The molecule has 6 nitrogen and oxygen atoms in total. The highest BCUT2D eigenvalue weighted by molar-refractivity contribution is 5.65. The van der Waals surface area contributed by atoms with Gasteiger partial charge < -0.3 is 15.4 Å². The van der Waals surface area contributed by atoms with Crippen LogP contribution in [0.15, 0.2) is 42.7 Å². The minimum atomic E-state index is -0.667. The topological polar surface area (TPSA) is 64.0 Å². The van der Waals surface area contributed by atoms with Gasteiger partial charge in [0, 0.05) is 30.6 Å². The van der Waals surface area contributed by atoms with Crippen molar-refractivity contribution in [3.8, 4) is 5.69 Å². The molecule has 1 aliphatic rings. The lowest BCUT2D eigenvalue weighted by atomic mass is 10.0. The maximum atomic E-state index is 13.4. The number of hydrogen-bond donors (Lipinski definition) is 2. The second kappa shape index (κ2) is 7.79. The highest BCUT2D eigenvalue weighted by atomic mass is 19.1. The average Bonchev–Trinajstić information content (AvgIpc) is 3.31. The number of aromatic nitrogens is 3. The standard InChI is InChI=1S/C21H23F2N5O/c1-14-4-5-17(24-12-21(2)6-3-7-29-21)11-19(14)26-20-25-13-28(27-20)18-9-15(22)8-16(23)10-18/h4-5,8-11,13,24H,3,6-7,12H2,1-2H3,(H,26,27). The van der Waals surface area contributed by atoms with Crippen molar-refractivity contribution in [3.05, 3.63) is 59.9 Å². The molecular formula is C21H23F2N5O. The molecule has 0 radical (unpaired) electrons. The second-order valence-corrected chi connectivity index (χ2v) is 7.55. The lowest BCUT2D eigenvalue weighted by Crippen LogP contribution is -2.32. The molecule has 1 unspecified atom stereocenters. The molecule has 0 amide bonds. The number of halogens is 2. The molecule has 2 aromatic carbocycles. The van der Waals surface area contributed by atoms with E-state index < -0.39 is 11.6 Å². The molecule has 0 spiro atoms. The third kappa shape index (κ3) is 4.54. The van der Waals surface area contributed by atoms with E-state index in [0.717, 1.165) is 49.0 Å². The van der Waals surface area contributed by atoms with Gasteiger partial charge in [0.25, 0.3) is 0 Å². The van der Waals surface area contributed by atoms with Crippen LogP contribution >= 0.6 is 0 Å². The molecule has 2 N–H and O–H groups in total. The van der Waals surface area contributed by atoms with Gasteiger partial charge in [0.2, 0.25) is 5.95 Å². The first-order valence-corrected chi connectivity index (χ1v) is 9.54. The van der Waals surface area contributed by atoms with Gasteiger partial charge >= 0.3 is 0 Å². The minimum Gasteiger partial charge on any atom is -0.382 e. The summed E-state index contributed by atoms with van der Waals surface area (Å²) in [7, 11) is 0. The zero-order valence-electron chi connectivity index (χ0n) is 16.4. The number of nitrogens with zero attached hydrogens (tertiary/aromatic N) is 3. The summed E-state index contributed by atoms with van der Waals surface area (Å²) < 4.78 is 34.0. The van der Waals surface area contributed by atoms with Crippen LogP contribution in [0, 0.1) is 18.6 Å². The molecule has 4 rings (SSSR count). The molecule has 1 aliphatic heterocycles. The summed E-state index contributed by atoms with van der Waals surface area (Å²) in [5.41, 5.74) is 2.95.